The van der Waals surface area contributed by atoms with Crippen LogP contribution in [0.1, 0.15) is 58.6 Å². The summed E-state index contributed by atoms with van der Waals surface area (Å²) in [4.78, 5) is 40.4. The van der Waals surface area contributed by atoms with Crippen LogP contribution in [-0.2, 0) is 14.3 Å². The minimum absolute atomic E-state index is 0.0633. The van der Waals surface area contributed by atoms with Gasteiger partial charge in [-0.05, 0) is 44.9 Å². The number of hydrogen-bond acceptors (Lipinski definition) is 4. The molecule has 1 aliphatic heterocycles. The van der Waals surface area contributed by atoms with Gasteiger partial charge in [0.1, 0.15) is 11.4 Å². The number of rotatable bonds is 6. The number of carbonyl (C=O) groups is 3. The SMILES string of the molecule is CCCNC(=O)CCC(=O)N1CCN(C(=O)OC(C)(C)C)C[C@@H]1c1cccc(F)c1. The molecule has 1 aromatic rings. The number of amides is 3. The number of halogens is 1. The average Bonchev–Trinajstić information content (AvgIpc) is 2.68. The maximum absolute atomic E-state index is 13.8. The number of nitrogens with one attached hydrogen (secondary N) is 1. The maximum Gasteiger partial charge on any atom is 0.410 e. The van der Waals surface area contributed by atoms with Gasteiger partial charge in [0.05, 0.1) is 6.04 Å². The van der Waals surface area contributed by atoms with Crippen LogP contribution < -0.4 is 5.32 Å². The summed E-state index contributed by atoms with van der Waals surface area (Å²) in [6.45, 7) is 8.71. The molecule has 0 aromatic heterocycles. The molecule has 1 saturated heterocycles. The zero-order chi connectivity index (χ0) is 22.3. The highest BCUT2D eigenvalue weighted by Crippen LogP contribution is 2.28. The number of ether oxygens (including phenoxy) is 1. The van der Waals surface area contributed by atoms with E-state index in [9.17, 15) is 18.8 Å². The third-order valence-electron chi connectivity index (χ3n) is 4.72. The van der Waals surface area contributed by atoms with Crippen molar-refractivity contribution < 1.29 is 23.5 Å². The molecule has 0 spiro atoms. The Hall–Kier alpha value is -2.64. The molecule has 0 unspecified atom stereocenters. The summed E-state index contributed by atoms with van der Waals surface area (Å²) < 4.78 is 19.3. The molecule has 1 atom stereocenters. The Labute approximate surface area is 177 Å². The van der Waals surface area contributed by atoms with Crippen molar-refractivity contribution in [2.45, 2.75) is 58.6 Å². The Morgan fingerprint density at radius 1 is 1.20 bits per heavy atom. The highest BCUT2D eigenvalue weighted by molar-refractivity contribution is 5.84. The summed E-state index contributed by atoms with van der Waals surface area (Å²) in [6, 6.07) is 5.52. The van der Waals surface area contributed by atoms with Gasteiger partial charge in [0.15, 0.2) is 0 Å². The second-order valence-electron chi connectivity index (χ2n) is 8.43. The van der Waals surface area contributed by atoms with E-state index in [-0.39, 0.29) is 37.7 Å². The fraction of sp³-hybridized carbons (Fsp3) is 0.591. The van der Waals surface area contributed by atoms with Gasteiger partial charge in [0.2, 0.25) is 11.8 Å². The quantitative estimate of drug-likeness (QED) is 0.765. The number of carbonyl (C=O) groups excluding carboxylic acids is 3. The van der Waals surface area contributed by atoms with Gasteiger partial charge in [-0.25, -0.2) is 9.18 Å². The van der Waals surface area contributed by atoms with Crippen molar-refractivity contribution in [1.29, 1.82) is 0 Å². The molecule has 30 heavy (non-hydrogen) atoms. The average molecular weight is 422 g/mol. The van der Waals surface area contributed by atoms with Gasteiger partial charge in [-0.1, -0.05) is 19.1 Å². The van der Waals surface area contributed by atoms with Crippen molar-refractivity contribution >= 4 is 17.9 Å². The van der Waals surface area contributed by atoms with Crippen LogP contribution in [0, 0.1) is 5.82 Å². The van der Waals surface area contributed by atoms with E-state index in [4.69, 9.17) is 4.74 Å². The Bertz CT molecular complexity index is 763. The minimum Gasteiger partial charge on any atom is -0.444 e. The number of benzene rings is 1. The predicted octanol–water partition coefficient (Wildman–Crippen LogP) is 3.25. The summed E-state index contributed by atoms with van der Waals surface area (Å²) >= 11 is 0. The van der Waals surface area contributed by atoms with Crippen molar-refractivity contribution in [1.82, 2.24) is 15.1 Å². The van der Waals surface area contributed by atoms with Crippen molar-refractivity contribution in [3.05, 3.63) is 35.6 Å². The van der Waals surface area contributed by atoms with E-state index in [0.29, 0.717) is 18.7 Å². The van der Waals surface area contributed by atoms with Gasteiger partial charge in [-0.2, -0.15) is 0 Å². The first-order valence-electron chi connectivity index (χ1n) is 10.4. The zero-order valence-electron chi connectivity index (χ0n) is 18.2. The fourth-order valence-corrected chi connectivity index (χ4v) is 3.29. The first-order chi connectivity index (χ1) is 14.1. The molecule has 1 N–H and O–H groups in total. The van der Waals surface area contributed by atoms with E-state index >= 15 is 0 Å². The maximum atomic E-state index is 13.8. The third kappa shape index (κ3) is 7.00. The van der Waals surface area contributed by atoms with Crippen LogP contribution in [0.3, 0.4) is 0 Å². The molecule has 3 amide bonds. The van der Waals surface area contributed by atoms with Gasteiger partial charge >= 0.3 is 6.09 Å². The molecule has 1 heterocycles. The van der Waals surface area contributed by atoms with Gasteiger partial charge in [-0.3, -0.25) is 9.59 Å². The highest BCUT2D eigenvalue weighted by atomic mass is 19.1. The molecule has 0 radical (unpaired) electrons. The van der Waals surface area contributed by atoms with Gasteiger partial charge in [0.25, 0.3) is 0 Å². The molecule has 1 fully saturated rings. The largest absolute Gasteiger partial charge is 0.444 e. The Kier molecular flexibility index (Phi) is 8.20. The highest BCUT2D eigenvalue weighted by Gasteiger charge is 2.35. The Morgan fingerprint density at radius 2 is 1.93 bits per heavy atom. The van der Waals surface area contributed by atoms with Crippen molar-refractivity contribution in [2.75, 3.05) is 26.2 Å². The minimum atomic E-state index is -0.635. The summed E-state index contributed by atoms with van der Waals surface area (Å²) in [6.07, 6.45) is 0.526. The van der Waals surface area contributed by atoms with Gasteiger partial charge in [0, 0.05) is 39.0 Å². The lowest BCUT2D eigenvalue weighted by atomic mass is 10.0. The zero-order valence-corrected chi connectivity index (χ0v) is 18.2. The van der Waals surface area contributed by atoms with Gasteiger partial charge < -0.3 is 19.9 Å². The standard InChI is InChI=1S/C22H32FN3O4/c1-5-11-24-19(27)9-10-20(28)26-13-12-25(21(29)30-22(2,3)4)15-18(26)16-7-6-8-17(23)14-16/h6-8,14,18H,5,9-13,15H2,1-4H3,(H,24,27)/t18-/m1/s1. The first-order valence-corrected chi connectivity index (χ1v) is 10.4. The summed E-state index contributed by atoms with van der Waals surface area (Å²) in [7, 11) is 0. The van der Waals surface area contributed by atoms with Crippen LogP contribution in [0.25, 0.3) is 0 Å². The molecule has 0 bridgehead atoms. The van der Waals surface area contributed by atoms with Crippen molar-refractivity contribution in [2.24, 2.45) is 0 Å². The molecule has 2 rings (SSSR count). The van der Waals surface area contributed by atoms with E-state index < -0.39 is 23.6 Å². The van der Waals surface area contributed by atoms with E-state index in [0.717, 1.165) is 6.42 Å². The Balaban J connectivity index is 2.13. The molecule has 166 valence electrons. The molecular formula is C22H32FN3O4. The lowest BCUT2D eigenvalue weighted by molar-refractivity contribution is -0.138. The topological polar surface area (TPSA) is 79.0 Å². The van der Waals surface area contributed by atoms with E-state index in [1.807, 2.05) is 6.92 Å². The number of hydrogen-bond donors (Lipinski definition) is 1. The molecule has 7 nitrogen and oxygen atoms in total. The summed E-state index contributed by atoms with van der Waals surface area (Å²) in [5, 5.41) is 2.76. The van der Waals surface area contributed by atoms with Crippen molar-refractivity contribution in [3.63, 3.8) is 0 Å². The van der Waals surface area contributed by atoms with Crippen LogP contribution in [0.2, 0.25) is 0 Å². The summed E-state index contributed by atoms with van der Waals surface area (Å²) in [5.41, 5.74) is -0.0309. The number of piperazine rings is 1. The van der Waals surface area contributed by atoms with Crippen LogP contribution in [0.5, 0.6) is 0 Å². The lowest BCUT2D eigenvalue weighted by Crippen LogP contribution is -2.53. The normalized spacial score (nSPS) is 16.9. The molecule has 8 heteroatoms. The van der Waals surface area contributed by atoms with E-state index in [1.54, 1.807) is 42.7 Å². The summed E-state index contributed by atoms with van der Waals surface area (Å²) in [5.74, 6) is -0.770. The van der Waals surface area contributed by atoms with Crippen LogP contribution in [-0.4, -0.2) is 59.5 Å². The Morgan fingerprint density at radius 3 is 2.57 bits per heavy atom. The smallest absolute Gasteiger partial charge is 0.410 e. The molecule has 1 aliphatic rings. The fourth-order valence-electron chi connectivity index (χ4n) is 3.29. The van der Waals surface area contributed by atoms with E-state index in [1.165, 1.54) is 12.1 Å². The lowest BCUT2D eigenvalue weighted by Gasteiger charge is -2.42. The van der Waals surface area contributed by atoms with Gasteiger partial charge in [-0.15, -0.1) is 0 Å². The second-order valence-corrected chi connectivity index (χ2v) is 8.43. The third-order valence-corrected chi connectivity index (χ3v) is 4.72. The molecule has 0 aliphatic carbocycles. The molecule has 1 aromatic carbocycles. The second kappa shape index (κ2) is 10.4. The predicted molar refractivity (Wildman–Crippen MR) is 111 cm³/mol. The molecular weight excluding hydrogens is 389 g/mol. The van der Waals surface area contributed by atoms with Crippen LogP contribution >= 0.6 is 0 Å². The van der Waals surface area contributed by atoms with E-state index in [2.05, 4.69) is 5.32 Å². The van der Waals surface area contributed by atoms with Crippen LogP contribution in [0.15, 0.2) is 24.3 Å². The first kappa shape index (κ1) is 23.6. The van der Waals surface area contributed by atoms with Crippen LogP contribution in [0.4, 0.5) is 9.18 Å². The molecule has 0 saturated carbocycles. The number of nitrogens with zero attached hydrogens (tertiary/aromatic N) is 2. The monoisotopic (exact) mass is 421 g/mol. The van der Waals surface area contributed by atoms with Crippen molar-refractivity contribution in [3.8, 4) is 0 Å².